The van der Waals surface area contributed by atoms with E-state index in [-0.39, 0.29) is 39.3 Å². The Labute approximate surface area is 230 Å². The second kappa shape index (κ2) is 7.84. The maximum absolute atomic E-state index is 15.1. The Kier molecular flexibility index (Phi) is 5.33. The third kappa shape index (κ3) is 3.60. The van der Waals surface area contributed by atoms with Crippen molar-refractivity contribution >= 4 is 44.4 Å². The molecule has 2 fully saturated rings. The molecule has 0 bridgehead atoms. The van der Waals surface area contributed by atoms with Gasteiger partial charge in [0.1, 0.15) is 10.8 Å². The van der Waals surface area contributed by atoms with Crippen molar-refractivity contribution in [3.05, 3.63) is 52.9 Å². The van der Waals surface area contributed by atoms with Crippen LogP contribution < -0.4 is 10.2 Å². The van der Waals surface area contributed by atoms with E-state index >= 15 is 8.78 Å². The number of hydrogen-bond acceptors (Lipinski definition) is 6. The van der Waals surface area contributed by atoms with Gasteiger partial charge in [-0.05, 0) is 38.5 Å². The predicted molar refractivity (Wildman–Crippen MR) is 136 cm³/mol. The molecule has 1 saturated heterocycles. The summed E-state index contributed by atoms with van der Waals surface area (Å²) in [6, 6.07) is 6.93. The molecule has 3 aliphatic rings. The van der Waals surface area contributed by atoms with E-state index in [0.29, 0.717) is 5.69 Å². The number of anilines is 2. The number of sulfone groups is 1. The van der Waals surface area contributed by atoms with Crippen molar-refractivity contribution < 1.29 is 35.2 Å². The number of nitrogens with one attached hydrogen (secondary N) is 1. The summed E-state index contributed by atoms with van der Waals surface area (Å²) in [5.41, 5.74) is -4.99. The van der Waals surface area contributed by atoms with Crippen LogP contribution in [-0.2, 0) is 20.0 Å². The number of halogens is 6. The van der Waals surface area contributed by atoms with Crippen LogP contribution in [0.25, 0.3) is 5.65 Å². The molecule has 1 aromatic carbocycles. The van der Waals surface area contributed by atoms with Gasteiger partial charge in [-0.3, -0.25) is 4.79 Å². The Morgan fingerprint density at radius 1 is 1.12 bits per heavy atom. The van der Waals surface area contributed by atoms with E-state index in [2.05, 4.69) is 15.4 Å². The molecular weight excluding hydrogens is 581 g/mol. The van der Waals surface area contributed by atoms with Crippen molar-refractivity contribution in [3.8, 4) is 0 Å². The van der Waals surface area contributed by atoms with Gasteiger partial charge < -0.3 is 10.2 Å². The van der Waals surface area contributed by atoms with Crippen LogP contribution >= 0.6 is 11.6 Å². The fraction of sp³-hybridized carbons (Fsp3) is 0.480. The minimum Gasteiger partial charge on any atom is -0.348 e. The first-order valence-electron chi connectivity index (χ1n) is 12.2. The van der Waals surface area contributed by atoms with Crippen LogP contribution in [0.3, 0.4) is 0 Å². The number of carbonyl (C=O) groups excluding carboxylic acids is 1. The van der Waals surface area contributed by atoms with Gasteiger partial charge in [0.2, 0.25) is 5.91 Å². The maximum Gasteiger partial charge on any atom is 0.401 e. The number of nitrogens with zero attached hydrogens (tertiary/aromatic N) is 4. The number of benzene rings is 1. The predicted octanol–water partition coefficient (Wildman–Crippen LogP) is 4.40. The molecule has 4 heterocycles. The smallest absolute Gasteiger partial charge is 0.348 e. The molecule has 1 aliphatic carbocycles. The maximum atomic E-state index is 15.1. The molecule has 6 rings (SSSR count). The van der Waals surface area contributed by atoms with Crippen LogP contribution in [0, 0.1) is 5.41 Å². The summed E-state index contributed by atoms with van der Waals surface area (Å²) in [4.78, 5) is 18.5. The van der Waals surface area contributed by atoms with Gasteiger partial charge in [-0.15, -0.1) is 0 Å². The molecule has 3 aromatic rings. The van der Waals surface area contributed by atoms with Crippen molar-refractivity contribution in [2.45, 2.75) is 49.7 Å². The zero-order valence-corrected chi connectivity index (χ0v) is 22.9. The molecular formula is C25H23ClF5N5O3S. The van der Waals surface area contributed by atoms with Crippen LogP contribution in [0.2, 0.25) is 5.15 Å². The van der Waals surface area contributed by atoms with Crippen LogP contribution in [0.15, 0.2) is 36.5 Å². The quantitative estimate of drug-likeness (QED) is 0.444. The minimum atomic E-state index is -4.66. The highest BCUT2D eigenvalue weighted by Crippen LogP contribution is 2.71. The fourth-order valence-corrected chi connectivity index (χ4v) is 8.32. The molecule has 0 unspecified atom stereocenters. The Morgan fingerprint density at radius 3 is 2.33 bits per heavy atom. The average Bonchev–Trinajstić information content (AvgIpc) is 3.09. The summed E-state index contributed by atoms with van der Waals surface area (Å²) in [7, 11) is -3.31. The lowest BCUT2D eigenvalue weighted by molar-refractivity contribution is -0.181. The Bertz CT molecular complexity index is 1680. The molecule has 2 aromatic heterocycles. The van der Waals surface area contributed by atoms with Gasteiger partial charge in [-0.2, -0.15) is 18.3 Å². The summed E-state index contributed by atoms with van der Waals surface area (Å²) in [5.74, 6) is -6.51. The van der Waals surface area contributed by atoms with E-state index in [4.69, 9.17) is 11.6 Å². The van der Waals surface area contributed by atoms with E-state index in [1.165, 1.54) is 48.4 Å². The molecule has 1 N–H and O–H groups in total. The first-order chi connectivity index (χ1) is 18.3. The van der Waals surface area contributed by atoms with Crippen molar-refractivity contribution in [2.24, 2.45) is 5.41 Å². The lowest BCUT2D eigenvalue weighted by atomic mass is 9.87. The third-order valence-corrected chi connectivity index (χ3v) is 10.7. The Balaban J connectivity index is 1.31. The van der Waals surface area contributed by atoms with Gasteiger partial charge in [0.25, 0.3) is 5.92 Å². The van der Waals surface area contributed by atoms with Crippen molar-refractivity contribution in [1.82, 2.24) is 19.9 Å². The first-order valence-corrected chi connectivity index (χ1v) is 14.4. The second-order valence-corrected chi connectivity index (χ2v) is 14.0. The second-order valence-electron chi connectivity index (χ2n) is 11.5. The molecule has 1 amide bonds. The summed E-state index contributed by atoms with van der Waals surface area (Å²) >= 11 is 5.94. The molecule has 15 heteroatoms. The Morgan fingerprint density at radius 2 is 1.75 bits per heavy atom. The van der Waals surface area contributed by atoms with E-state index in [0.717, 1.165) is 18.4 Å². The third-order valence-electron chi connectivity index (χ3n) is 8.40. The lowest BCUT2D eigenvalue weighted by Crippen LogP contribution is -2.64. The fourth-order valence-electron chi connectivity index (χ4n) is 6.15. The number of rotatable bonds is 4. The SMILES string of the molecule is CC1(NC(=O)[C@]2(C)[C@@H](c3ccc(N4C[C@@](C)(C(F)(F)F)c5c4cnc4cc(Cl)nn54)cc3)C2(F)F)CS(=O)(=O)C1. The van der Waals surface area contributed by atoms with E-state index in [1.54, 1.807) is 0 Å². The normalized spacial score (nSPS) is 29.6. The van der Waals surface area contributed by atoms with Gasteiger partial charge in [0.05, 0.1) is 40.5 Å². The van der Waals surface area contributed by atoms with Crippen LogP contribution in [0.4, 0.5) is 33.3 Å². The highest BCUT2D eigenvalue weighted by atomic mass is 35.5. The van der Waals surface area contributed by atoms with Crippen molar-refractivity contribution in [3.63, 3.8) is 0 Å². The molecule has 2 aliphatic heterocycles. The summed E-state index contributed by atoms with van der Waals surface area (Å²) < 4.78 is 97.5. The molecule has 214 valence electrons. The number of amides is 1. The zero-order valence-electron chi connectivity index (χ0n) is 21.4. The number of fused-ring (bicyclic) bond motifs is 3. The van der Waals surface area contributed by atoms with E-state index in [1.807, 2.05) is 0 Å². The van der Waals surface area contributed by atoms with Crippen molar-refractivity contribution in [2.75, 3.05) is 23.0 Å². The first kappa shape index (κ1) is 27.2. The highest BCUT2D eigenvalue weighted by molar-refractivity contribution is 7.93. The molecule has 40 heavy (non-hydrogen) atoms. The number of carbonyl (C=O) groups is 1. The Hall–Kier alpha value is -3.00. The van der Waals surface area contributed by atoms with Gasteiger partial charge in [0, 0.05) is 18.3 Å². The van der Waals surface area contributed by atoms with Crippen LogP contribution in [0.1, 0.15) is 37.9 Å². The zero-order chi connectivity index (χ0) is 29.3. The number of aromatic nitrogens is 3. The number of alkyl halides is 5. The standard InChI is InChI=1S/C25H23ClF5N5O3S/c1-21(11-40(38,39)12-21)33-20(37)23(3)18(24(23,27)28)13-4-6-14(7-5-13)35-10-22(2,25(29,30)31)19-15(35)9-32-17-8-16(26)34-36(17)19/h4-9,18H,10-12H2,1-3H3,(H,33,37)/t18-,22-,23+/m1/s1. The van der Waals surface area contributed by atoms with Gasteiger partial charge in [-0.25, -0.2) is 26.7 Å². The van der Waals surface area contributed by atoms with Crippen molar-refractivity contribution in [1.29, 1.82) is 0 Å². The highest BCUT2D eigenvalue weighted by Gasteiger charge is 2.82. The largest absolute Gasteiger partial charge is 0.401 e. The van der Waals surface area contributed by atoms with Gasteiger partial charge in [0.15, 0.2) is 20.6 Å². The van der Waals surface area contributed by atoms with Crippen LogP contribution in [0.5, 0.6) is 0 Å². The van der Waals surface area contributed by atoms with E-state index in [9.17, 15) is 26.4 Å². The summed E-state index contributed by atoms with van der Waals surface area (Å²) in [5, 5.41) is 6.46. The average molecular weight is 604 g/mol. The topological polar surface area (TPSA) is 96.7 Å². The molecule has 3 atom stereocenters. The monoisotopic (exact) mass is 603 g/mol. The molecule has 1 saturated carbocycles. The lowest BCUT2D eigenvalue weighted by Gasteiger charge is -2.39. The minimum absolute atomic E-state index is 0.0152. The van der Waals surface area contributed by atoms with Gasteiger partial charge in [-0.1, -0.05) is 23.7 Å². The molecule has 0 spiro atoms. The summed E-state index contributed by atoms with van der Waals surface area (Å²) in [6.07, 6.45) is -3.37. The van der Waals surface area contributed by atoms with Crippen LogP contribution in [-0.4, -0.2) is 64.6 Å². The summed E-state index contributed by atoms with van der Waals surface area (Å²) in [6.45, 7) is 3.15. The number of hydrogen-bond donors (Lipinski definition) is 1. The van der Waals surface area contributed by atoms with E-state index < -0.39 is 56.7 Å². The molecule has 8 nitrogen and oxygen atoms in total. The van der Waals surface area contributed by atoms with Gasteiger partial charge >= 0.3 is 6.18 Å². The molecule has 0 radical (unpaired) electrons.